The Morgan fingerprint density at radius 2 is 1.97 bits per heavy atom. The molecule has 1 amide bonds. The van der Waals surface area contributed by atoms with Gasteiger partial charge in [-0.25, -0.2) is 18.1 Å². The van der Waals surface area contributed by atoms with E-state index >= 15 is 0 Å². The Balaban J connectivity index is 1.59. The topological polar surface area (TPSA) is 116 Å². The van der Waals surface area contributed by atoms with Crippen LogP contribution in [0.2, 0.25) is 0 Å². The monoisotopic (exact) mass is 439 g/mol. The number of hydrogen-bond donors (Lipinski definition) is 1. The molecule has 11 heteroatoms. The minimum absolute atomic E-state index is 0.0875. The van der Waals surface area contributed by atoms with E-state index in [4.69, 9.17) is 9.47 Å². The van der Waals surface area contributed by atoms with Gasteiger partial charge in [-0.1, -0.05) is 0 Å². The number of morpholine rings is 1. The van der Waals surface area contributed by atoms with E-state index in [1.165, 1.54) is 4.31 Å². The van der Waals surface area contributed by atoms with Crippen LogP contribution in [0.4, 0.5) is 0 Å². The van der Waals surface area contributed by atoms with Crippen molar-refractivity contribution in [2.45, 2.75) is 26.7 Å². The summed E-state index contributed by atoms with van der Waals surface area (Å²) in [5, 5.41) is 7.89. The number of sulfonamides is 1. The van der Waals surface area contributed by atoms with Crippen molar-refractivity contribution >= 4 is 27.0 Å². The Kier molecular flexibility index (Phi) is 6.94. The predicted molar refractivity (Wildman–Crippen MR) is 112 cm³/mol. The van der Waals surface area contributed by atoms with Gasteiger partial charge in [-0.05, 0) is 31.4 Å². The molecule has 1 aliphatic heterocycles. The molecule has 0 bridgehead atoms. The van der Waals surface area contributed by atoms with Gasteiger partial charge in [-0.15, -0.1) is 5.10 Å². The summed E-state index contributed by atoms with van der Waals surface area (Å²) >= 11 is 0. The van der Waals surface area contributed by atoms with Gasteiger partial charge in [0.2, 0.25) is 21.8 Å². The van der Waals surface area contributed by atoms with Crippen molar-refractivity contribution < 1.29 is 22.7 Å². The summed E-state index contributed by atoms with van der Waals surface area (Å²) in [5.41, 5.74) is 3.55. The molecule has 0 spiro atoms. The highest BCUT2D eigenvalue weighted by Gasteiger charge is 2.24. The molecule has 3 heterocycles. The average Bonchev–Trinajstić information content (AvgIpc) is 3.04. The lowest BCUT2D eigenvalue weighted by molar-refractivity contribution is -0.120. The summed E-state index contributed by atoms with van der Waals surface area (Å²) in [4.78, 5) is 16.9. The maximum Gasteiger partial charge on any atom is 0.242 e. The maximum absolute atomic E-state index is 12.3. The van der Waals surface area contributed by atoms with Crippen molar-refractivity contribution in [2.75, 3.05) is 45.7 Å². The summed E-state index contributed by atoms with van der Waals surface area (Å²) in [6, 6.07) is 0. The van der Waals surface area contributed by atoms with Crippen molar-refractivity contribution in [3.05, 3.63) is 16.8 Å². The van der Waals surface area contributed by atoms with Gasteiger partial charge >= 0.3 is 0 Å². The molecule has 2 aromatic heterocycles. The number of methoxy groups -OCH3 is 1. The van der Waals surface area contributed by atoms with Crippen LogP contribution in [0, 0.1) is 13.8 Å². The molecule has 0 saturated carbocycles. The lowest BCUT2D eigenvalue weighted by atomic mass is 10.00. The normalized spacial score (nSPS) is 15.5. The summed E-state index contributed by atoms with van der Waals surface area (Å²) in [6.07, 6.45) is 0.746. The number of rotatable bonds is 8. The van der Waals surface area contributed by atoms with E-state index in [1.807, 2.05) is 20.9 Å². The van der Waals surface area contributed by atoms with E-state index < -0.39 is 10.0 Å². The van der Waals surface area contributed by atoms with E-state index in [9.17, 15) is 13.2 Å². The second-order valence-electron chi connectivity index (χ2n) is 7.31. The number of carbonyl (C=O) groups excluding carboxylic acids is 1. The molecule has 30 heavy (non-hydrogen) atoms. The summed E-state index contributed by atoms with van der Waals surface area (Å²) in [5.74, 6) is 0.206. The number of amides is 1. The summed E-state index contributed by atoms with van der Waals surface area (Å²) in [7, 11) is -0.000882. The first-order valence-electron chi connectivity index (χ1n) is 9.93. The van der Waals surface area contributed by atoms with E-state index in [1.54, 1.807) is 11.8 Å². The van der Waals surface area contributed by atoms with E-state index in [0.717, 1.165) is 27.9 Å². The Morgan fingerprint density at radius 1 is 1.27 bits per heavy atom. The lowest BCUT2D eigenvalue weighted by Crippen LogP contribution is -2.43. The molecule has 1 N–H and O–H groups in total. The molecule has 2 aromatic rings. The number of aryl methyl sites for hydroxylation is 3. The zero-order valence-electron chi connectivity index (χ0n) is 17.9. The molecule has 0 atom stereocenters. The first-order valence-corrected chi connectivity index (χ1v) is 11.5. The van der Waals surface area contributed by atoms with E-state index in [-0.39, 0.29) is 24.6 Å². The quantitative estimate of drug-likeness (QED) is 0.629. The smallest absolute Gasteiger partial charge is 0.242 e. The van der Waals surface area contributed by atoms with Gasteiger partial charge in [-0.3, -0.25) is 4.79 Å². The molecule has 3 rings (SSSR count). The van der Waals surface area contributed by atoms with Gasteiger partial charge in [0.15, 0.2) is 5.65 Å². The van der Waals surface area contributed by atoms with Crippen molar-refractivity contribution in [1.29, 1.82) is 0 Å². The first-order chi connectivity index (χ1) is 14.2. The molecule has 166 valence electrons. The van der Waals surface area contributed by atoms with Crippen LogP contribution in [0.1, 0.15) is 23.2 Å². The summed E-state index contributed by atoms with van der Waals surface area (Å²) in [6.45, 7) is 5.51. The number of nitrogens with one attached hydrogen (secondary N) is 1. The van der Waals surface area contributed by atoms with Gasteiger partial charge in [0.25, 0.3) is 0 Å². The van der Waals surface area contributed by atoms with Crippen molar-refractivity contribution in [3.63, 3.8) is 0 Å². The Bertz CT molecular complexity index is 1030. The fraction of sp³-hybridized carbons (Fsp3) is 0.632. The van der Waals surface area contributed by atoms with Crippen LogP contribution in [0.25, 0.3) is 11.0 Å². The standard InChI is InChI=1S/C19H29N5O5S/c1-13-15(14(2)21-18-17(13)19(28-4)22-23(18)3)5-6-16(25)20-7-12-30(26,27)24-8-10-29-11-9-24/h5-12H2,1-4H3,(H,20,25). The molecule has 1 fully saturated rings. The van der Waals surface area contributed by atoms with Gasteiger partial charge in [0.05, 0.1) is 31.5 Å². The molecule has 0 aromatic carbocycles. The molecule has 0 radical (unpaired) electrons. The van der Waals surface area contributed by atoms with Crippen molar-refractivity contribution in [2.24, 2.45) is 7.05 Å². The number of pyridine rings is 1. The number of ether oxygens (including phenoxy) is 2. The fourth-order valence-electron chi connectivity index (χ4n) is 3.71. The Labute approximate surface area is 176 Å². The third-order valence-electron chi connectivity index (χ3n) is 5.36. The third-order valence-corrected chi connectivity index (χ3v) is 7.24. The van der Waals surface area contributed by atoms with Crippen LogP contribution >= 0.6 is 0 Å². The number of carbonyl (C=O) groups is 1. The maximum atomic E-state index is 12.3. The van der Waals surface area contributed by atoms with Crippen LogP contribution < -0.4 is 10.1 Å². The summed E-state index contributed by atoms with van der Waals surface area (Å²) < 4.78 is 38.3. The highest BCUT2D eigenvalue weighted by molar-refractivity contribution is 7.89. The number of hydrogen-bond acceptors (Lipinski definition) is 7. The predicted octanol–water partition coefficient (Wildman–Crippen LogP) is 0.305. The molecule has 1 aliphatic rings. The van der Waals surface area contributed by atoms with Gasteiger partial charge in [0, 0.05) is 38.8 Å². The van der Waals surface area contributed by atoms with Gasteiger partial charge < -0.3 is 14.8 Å². The third kappa shape index (κ3) is 4.73. The van der Waals surface area contributed by atoms with Crippen LogP contribution in [0.15, 0.2) is 0 Å². The van der Waals surface area contributed by atoms with E-state index in [2.05, 4.69) is 15.4 Å². The minimum atomic E-state index is -3.38. The van der Waals surface area contributed by atoms with Crippen LogP contribution in [-0.2, 0) is 33.0 Å². The largest absolute Gasteiger partial charge is 0.479 e. The molecular formula is C19H29N5O5S. The SMILES string of the molecule is COc1nn(C)c2nc(C)c(CCC(=O)NCCS(=O)(=O)N3CCOCC3)c(C)c12. The van der Waals surface area contributed by atoms with Crippen molar-refractivity contribution in [3.8, 4) is 5.88 Å². The van der Waals surface area contributed by atoms with Crippen molar-refractivity contribution in [1.82, 2.24) is 24.4 Å². The number of aromatic nitrogens is 3. The first kappa shape index (κ1) is 22.4. The second-order valence-corrected chi connectivity index (χ2v) is 9.40. The van der Waals surface area contributed by atoms with Crippen LogP contribution in [0.5, 0.6) is 5.88 Å². The highest BCUT2D eigenvalue weighted by atomic mass is 32.2. The van der Waals surface area contributed by atoms with E-state index in [0.29, 0.717) is 38.6 Å². The van der Waals surface area contributed by atoms with Gasteiger partial charge in [-0.2, -0.15) is 4.31 Å². The number of nitrogens with zero attached hydrogens (tertiary/aromatic N) is 4. The van der Waals surface area contributed by atoms with Crippen LogP contribution in [-0.4, -0.2) is 79.1 Å². The fourth-order valence-corrected chi connectivity index (χ4v) is 5.03. The highest BCUT2D eigenvalue weighted by Crippen LogP contribution is 2.30. The Morgan fingerprint density at radius 3 is 2.63 bits per heavy atom. The lowest BCUT2D eigenvalue weighted by Gasteiger charge is -2.26. The zero-order valence-corrected chi connectivity index (χ0v) is 18.7. The Hall–Kier alpha value is -2.24. The molecular weight excluding hydrogens is 410 g/mol. The molecule has 0 unspecified atom stereocenters. The number of fused-ring (bicyclic) bond motifs is 1. The van der Waals surface area contributed by atoms with Crippen LogP contribution in [0.3, 0.4) is 0 Å². The molecule has 0 aliphatic carbocycles. The zero-order chi connectivity index (χ0) is 21.9. The van der Waals surface area contributed by atoms with Gasteiger partial charge in [0.1, 0.15) is 0 Å². The average molecular weight is 440 g/mol. The molecule has 1 saturated heterocycles. The minimum Gasteiger partial charge on any atom is -0.479 e. The molecule has 10 nitrogen and oxygen atoms in total. The second kappa shape index (κ2) is 9.27.